The number of aromatic amines is 1. The van der Waals surface area contributed by atoms with Crippen LogP contribution in [0.15, 0.2) is 39.8 Å². The molecule has 6 rings (SSSR count). The van der Waals surface area contributed by atoms with E-state index in [-0.39, 0.29) is 28.3 Å². The molecule has 2 fully saturated rings. The normalized spacial score (nSPS) is 17.9. The van der Waals surface area contributed by atoms with Crippen LogP contribution in [0.3, 0.4) is 0 Å². The minimum absolute atomic E-state index is 0.00534. The standard InChI is InChI=1S/C27H32N6O7S/c1-33-7-8-39-14-20(33)16-9-23(37-3)26(24(10-16)38-4)41(34,35)32-27-17-11-22(36-2)19(12-21(17)40-31-27)28-25-13-18(29-30-25)15-5-6-15/h9-13,15,20H,5-8,14H2,1-4H3,(H,31,32)(H2,28,29,30). The summed E-state index contributed by atoms with van der Waals surface area (Å²) in [6.07, 6.45) is 2.31. The molecular weight excluding hydrogens is 552 g/mol. The molecule has 0 amide bonds. The molecule has 1 saturated carbocycles. The van der Waals surface area contributed by atoms with Crippen LogP contribution in [0.2, 0.25) is 0 Å². The zero-order valence-corrected chi connectivity index (χ0v) is 24.0. The van der Waals surface area contributed by atoms with Gasteiger partial charge in [-0.1, -0.05) is 5.16 Å². The SMILES string of the molecule is COc1cc2c(NS(=O)(=O)c3c(OC)cc(C4COCCN4C)cc3OC)noc2cc1Nc1cc(C2CC2)[nH]n1. The molecule has 41 heavy (non-hydrogen) atoms. The van der Waals surface area contributed by atoms with Crippen molar-refractivity contribution in [2.45, 2.75) is 29.7 Å². The lowest BCUT2D eigenvalue weighted by atomic mass is 10.0. The molecule has 4 aromatic rings. The molecule has 2 aromatic heterocycles. The molecule has 0 spiro atoms. The number of anilines is 3. The topological polar surface area (TPSA) is 153 Å². The molecule has 14 heteroatoms. The largest absolute Gasteiger partial charge is 0.495 e. The Morgan fingerprint density at radius 1 is 1.02 bits per heavy atom. The average Bonchev–Trinajstić information content (AvgIpc) is 3.61. The van der Waals surface area contributed by atoms with Crippen LogP contribution >= 0.6 is 0 Å². The fourth-order valence-corrected chi connectivity index (χ4v) is 6.34. The molecule has 1 aliphatic heterocycles. The molecular formula is C27H32N6O7S. The Kier molecular flexibility index (Phi) is 7.13. The number of H-pyrrole nitrogens is 1. The quantitative estimate of drug-likeness (QED) is 0.248. The molecule has 1 saturated heterocycles. The van der Waals surface area contributed by atoms with E-state index in [4.69, 9.17) is 23.5 Å². The summed E-state index contributed by atoms with van der Waals surface area (Å²) in [6.45, 7) is 1.86. The number of nitrogens with zero attached hydrogens (tertiary/aromatic N) is 3. The van der Waals surface area contributed by atoms with Gasteiger partial charge in [0, 0.05) is 30.3 Å². The van der Waals surface area contributed by atoms with Crippen molar-refractivity contribution < 1.29 is 31.9 Å². The number of sulfonamides is 1. The van der Waals surface area contributed by atoms with Crippen molar-refractivity contribution in [1.29, 1.82) is 0 Å². The average molecular weight is 585 g/mol. The van der Waals surface area contributed by atoms with Crippen LogP contribution in [0, 0.1) is 0 Å². The van der Waals surface area contributed by atoms with E-state index in [0.717, 1.165) is 30.6 Å². The van der Waals surface area contributed by atoms with Crippen LogP contribution in [-0.4, -0.2) is 76.8 Å². The van der Waals surface area contributed by atoms with Gasteiger partial charge in [0.15, 0.2) is 22.1 Å². The fourth-order valence-electron chi connectivity index (χ4n) is 5.02. The van der Waals surface area contributed by atoms with E-state index >= 15 is 0 Å². The molecule has 3 heterocycles. The van der Waals surface area contributed by atoms with Crippen LogP contribution in [0.25, 0.3) is 11.0 Å². The minimum Gasteiger partial charge on any atom is -0.495 e. The Balaban J connectivity index is 1.31. The molecule has 1 unspecified atom stereocenters. The third-order valence-electron chi connectivity index (χ3n) is 7.43. The van der Waals surface area contributed by atoms with Crippen molar-refractivity contribution in [2.75, 3.05) is 58.2 Å². The van der Waals surface area contributed by atoms with Crippen molar-refractivity contribution >= 4 is 38.3 Å². The van der Waals surface area contributed by atoms with E-state index in [1.165, 1.54) is 21.3 Å². The van der Waals surface area contributed by atoms with Crippen LogP contribution < -0.4 is 24.2 Å². The summed E-state index contributed by atoms with van der Waals surface area (Å²) in [5, 5.41) is 15.0. The van der Waals surface area contributed by atoms with Gasteiger partial charge >= 0.3 is 0 Å². The highest BCUT2D eigenvalue weighted by Crippen LogP contribution is 2.42. The Labute approximate surface area is 237 Å². The molecule has 0 radical (unpaired) electrons. The maximum atomic E-state index is 13.7. The van der Waals surface area contributed by atoms with Crippen LogP contribution in [0.1, 0.15) is 36.1 Å². The smallest absolute Gasteiger partial charge is 0.270 e. The lowest BCUT2D eigenvalue weighted by molar-refractivity contribution is 0.00491. The van der Waals surface area contributed by atoms with Crippen molar-refractivity contribution in [2.24, 2.45) is 0 Å². The first-order chi connectivity index (χ1) is 19.8. The van der Waals surface area contributed by atoms with Gasteiger partial charge in [-0.05, 0) is 43.7 Å². The van der Waals surface area contributed by atoms with E-state index in [9.17, 15) is 8.42 Å². The van der Waals surface area contributed by atoms with E-state index < -0.39 is 10.0 Å². The van der Waals surface area contributed by atoms with E-state index in [1.807, 2.05) is 13.1 Å². The van der Waals surface area contributed by atoms with Gasteiger partial charge in [0.05, 0.1) is 51.7 Å². The van der Waals surface area contributed by atoms with E-state index in [1.54, 1.807) is 24.3 Å². The Morgan fingerprint density at radius 2 is 1.76 bits per heavy atom. The number of fused-ring (bicyclic) bond motifs is 1. The molecule has 218 valence electrons. The van der Waals surface area contributed by atoms with Gasteiger partial charge in [0.1, 0.15) is 17.2 Å². The number of nitrogens with one attached hydrogen (secondary N) is 3. The van der Waals surface area contributed by atoms with Crippen molar-refractivity contribution in [3.63, 3.8) is 0 Å². The van der Waals surface area contributed by atoms with Crippen LogP contribution in [0.4, 0.5) is 17.3 Å². The second kappa shape index (κ2) is 10.8. The Bertz CT molecular complexity index is 1660. The number of methoxy groups -OCH3 is 3. The van der Waals surface area contributed by atoms with Crippen LogP contribution in [-0.2, 0) is 14.8 Å². The lowest BCUT2D eigenvalue weighted by Crippen LogP contribution is -2.36. The number of ether oxygens (including phenoxy) is 4. The monoisotopic (exact) mass is 584 g/mol. The summed E-state index contributed by atoms with van der Waals surface area (Å²) in [6, 6.07) is 8.61. The number of hydrogen-bond acceptors (Lipinski definition) is 11. The van der Waals surface area contributed by atoms with Crippen molar-refractivity contribution in [3.05, 3.63) is 41.6 Å². The first kappa shape index (κ1) is 27.2. The maximum Gasteiger partial charge on any atom is 0.270 e. The van der Waals surface area contributed by atoms with Gasteiger partial charge in [0.25, 0.3) is 10.0 Å². The molecule has 2 aromatic carbocycles. The number of benzene rings is 2. The third kappa shape index (κ3) is 5.25. The van der Waals surface area contributed by atoms with Gasteiger partial charge in [-0.25, -0.2) is 8.42 Å². The highest BCUT2D eigenvalue weighted by molar-refractivity contribution is 7.93. The Morgan fingerprint density at radius 3 is 2.41 bits per heavy atom. The zero-order chi connectivity index (χ0) is 28.7. The number of likely N-dealkylation sites (N-methyl/N-ethyl adjacent to an activating group) is 1. The van der Waals surface area contributed by atoms with Gasteiger partial charge in [-0.2, -0.15) is 5.10 Å². The number of hydrogen-bond donors (Lipinski definition) is 3. The second-order valence-corrected chi connectivity index (χ2v) is 11.7. The predicted octanol–water partition coefficient (Wildman–Crippen LogP) is 4.00. The molecule has 3 N–H and O–H groups in total. The van der Waals surface area contributed by atoms with E-state index in [2.05, 4.69) is 30.3 Å². The summed E-state index contributed by atoms with van der Waals surface area (Å²) in [7, 11) is 2.10. The third-order valence-corrected chi connectivity index (χ3v) is 8.84. The lowest BCUT2D eigenvalue weighted by Gasteiger charge is -2.33. The zero-order valence-electron chi connectivity index (χ0n) is 23.2. The van der Waals surface area contributed by atoms with Crippen molar-refractivity contribution in [1.82, 2.24) is 20.3 Å². The first-order valence-corrected chi connectivity index (χ1v) is 14.7. The molecule has 1 aliphatic carbocycles. The summed E-state index contributed by atoms with van der Waals surface area (Å²) in [4.78, 5) is 1.98. The molecule has 1 atom stereocenters. The summed E-state index contributed by atoms with van der Waals surface area (Å²) in [5.74, 6) is 1.88. The number of morpholine rings is 1. The van der Waals surface area contributed by atoms with E-state index in [0.29, 0.717) is 47.4 Å². The second-order valence-electron chi connectivity index (χ2n) is 10.1. The maximum absolute atomic E-state index is 13.7. The minimum atomic E-state index is -4.24. The molecule has 0 bridgehead atoms. The van der Waals surface area contributed by atoms with Gasteiger partial charge < -0.3 is 28.8 Å². The van der Waals surface area contributed by atoms with Gasteiger partial charge in [0.2, 0.25) is 0 Å². The first-order valence-electron chi connectivity index (χ1n) is 13.2. The van der Waals surface area contributed by atoms with Crippen molar-refractivity contribution in [3.8, 4) is 17.2 Å². The highest BCUT2D eigenvalue weighted by Gasteiger charge is 2.31. The van der Waals surface area contributed by atoms with Crippen LogP contribution in [0.5, 0.6) is 17.2 Å². The predicted molar refractivity (Wildman–Crippen MR) is 151 cm³/mol. The highest BCUT2D eigenvalue weighted by atomic mass is 32.2. The molecule has 13 nitrogen and oxygen atoms in total. The fraction of sp³-hybridized carbons (Fsp3) is 0.407. The van der Waals surface area contributed by atoms with Gasteiger partial charge in [-0.3, -0.25) is 14.7 Å². The summed E-state index contributed by atoms with van der Waals surface area (Å²) in [5.41, 5.74) is 2.84. The summed E-state index contributed by atoms with van der Waals surface area (Å²) < 4.78 is 57.8. The number of aromatic nitrogens is 3. The molecule has 2 aliphatic rings. The summed E-state index contributed by atoms with van der Waals surface area (Å²) >= 11 is 0. The Hall–Kier alpha value is -4.01. The number of rotatable bonds is 10. The van der Waals surface area contributed by atoms with Gasteiger partial charge in [-0.15, -0.1) is 0 Å².